The van der Waals surface area contributed by atoms with Crippen LogP contribution in [-0.2, 0) is 4.79 Å². The molecule has 0 aliphatic carbocycles. The first-order chi connectivity index (χ1) is 10.6. The van der Waals surface area contributed by atoms with E-state index in [1.54, 1.807) is 16.7 Å². The van der Waals surface area contributed by atoms with Crippen LogP contribution in [0, 0.1) is 0 Å². The molecular formula is C15H17N5O2. The highest BCUT2D eigenvalue weighted by Crippen LogP contribution is 2.09. The smallest absolute Gasteiger partial charge is 0.276 e. The lowest BCUT2D eigenvalue weighted by atomic mass is 10.3. The summed E-state index contributed by atoms with van der Waals surface area (Å²) in [6, 6.07) is 9.44. The first-order valence-corrected chi connectivity index (χ1v) is 7.18. The van der Waals surface area contributed by atoms with Crippen molar-refractivity contribution in [1.29, 1.82) is 0 Å². The van der Waals surface area contributed by atoms with Crippen LogP contribution in [0.5, 0.6) is 0 Å². The number of hydrogen-bond donors (Lipinski definition) is 0. The number of hydrogen-bond acceptors (Lipinski definition) is 4. The highest BCUT2D eigenvalue weighted by Gasteiger charge is 2.25. The van der Waals surface area contributed by atoms with E-state index in [9.17, 15) is 9.59 Å². The molecule has 0 unspecified atom stereocenters. The fourth-order valence-electron chi connectivity index (χ4n) is 2.43. The largest absolute Gasteiger partial charge is 0.339 e. The Hall–Kier alpha value is -2.70. The average molecular weight is 299 g/mol. The molecule has 1 fully saturated rings. The number of piperazine rings is 1. The van der Waals surface area contributed by atoms with E-state index < -0.39 is 0 Å². The fraction of sp³-hybridized carbons (Fsp3) is 0.333. The van der Waals surface area contributed by atoms with Gasteiger partial charge in [0.2, 0.25) is 5.91 Å². The van der Waals surface area contributed by atoms with E-state index in [0.717, 1.165) is 5.69 Å². The number of carbonyl (C=O) groups is 2. The van der Waals surface area contributed by atoms with Gasteiger partial charge in [0.25, 0.3) is 5.91 Å². The summed E-state index contributed by atoms with van der Waals surface area (Å²) >= 11 is 0. The minimum Gasteiger partial charge on any atom is -0.339 e. The number of rotatable bonds is 2. The second-order valence-corrected chi connectivity index (χ2v) is 5.15. The number of para-hydroxylation sites is 1. The number of benzene rings is 1. The first-order valence-electron chi connectivity index (χ1n) is 7.18. The van der Waals surface area contributed by atoms with Crippen LogP contribution >= 0.6 is 0 Å². The maximum absolute atomic E-state index is 12.4. The van der Waals surface area contributed by atoms with Crippen LogP contribution in [0.3, 0.4) is 0 Å². The lowest BCUT2D eigenvalue weighted by molar-refractivity contribution is -0.130. The first kappa shape index (κ1) is 14.2. The molecule has 0 saturated carbocycles. The van der Waals surface area contributed by atoms with Gasteiger partial charge >= 0.3 is 0 Å². The molecular weight excluding hydrogens is 282 g/mol. The van der Waals surface area contributed by atoms with E-state index in [2.05, 4.69) is 10.2 Å². The molecule has 7 heteroatoms. The van der Waals surface area contributed by atoms with E-state index in [1.165, 1.54) is 11.0 Å². The maximum atomic E-state index is 12.4. The summed E-state index contributed by atoms with van der Waals surface area (Å²) in [5, 5.41) is 8.38. The minimum atomic E-state index is -0.148. The van der Waals surface area contributed by atoms with Crippen LogP contribution in [-0.4, -0.2) is 62.8 Å². The maximum Gasteiger partial charge on any atom is 0.276 e. The summed E-state index contributed by atoms with van der Waals surface area (Å²) < 4.78 is 0. The van der Waals surface area contributed by atoms with Crippen LogP contribution in [0.4, 0.5) is 0 Å². The van der Waals surface area contributed by atoms with Gasteiger partial charge in [-0.05, 0) is 12.1 Å². The van der Waals surface area contributed by atoms with E-state index in [1.807, 2.05) is 30.3 Å². The van der Waals surface area contributed by atoms with Crippen LogP contribution in [0.15, 0.2) is 36.5 Å². The molecule has 1 aromatic carbocycles. The monoisotopic (exact) mass is 299 g/mol. The zero-order valence-electron chi connectivity index (χ0n) is 12.3. The van der Waals surface area contributed by atoms with Gasteiger partial charge in [-0.15, -0.1) is 5.10 Å². The molecule has 1 aliphatic heterocycles. The topological polar surface area (TPSA) is 71.3 Å². The van der Waals surface area contributed by atoms with Crippen molar-refractivity contribution in [3.63, 3.8) is 0 Å². The summed E-state index contributed by atoms with van der Waals surface area (Å²) in [4.78, 5) is 28.6. The van der Waals surface area contributed by atoms with Crippen LogP contribution in [0.2, 0.25) is 0 Å². The van der Waals surface area contributed by atoms with Gasteiger partial charge in [-0.3, -0.25) is 9.59 Å². The van der Waals surface area contributed by atoms with E-state index in [4.69, 9.17) is 0 Å². The molecule has 7 nitrogen and oxygen atoms in total. The second kappa shape index (κ2) is 5.97. The van der Waals surface area contributed by atoms with Gasteiger partial charge in [-0.1, -0.05) is 18.2 Å². The highest BCUT2D eigenvalue weighted by molar-refractivity contribution is 5.92. The minimum absolute atomic E-state index is 0.0436. The number of amides is 2. The predicted molar refractivity (Wildman–Crippen MR) is 79.5 cm³/mol. The molecule has 2 amide bonds. The van der Waals surface area contributed by atoms with Gasteiger partial charge in [0.05, 0.1) is 11.9 Å². The Labute approximate surface area is 128 Å². The Morgan fingerprint density at radius 1 is 1.00 bits per heavy atom. The zero-order valence-corrected chi connectivity index (χ0v) is 12.3. The van der Waals surface area contributed by atoms with E-state index in [-0.39, 0.29) is 11.8 Å². The molecule has 114 valence electrons. The Kier molecular flexibility index (Phi) is 3.86. The molecule has 1 saturated heterocycles. The molecule has 0 N–H and O–H groups in total. The lowest BCUT2D eigenvalue weighted by Crippen LogP contribution is -2.50. The molecule has 0 atom stereocenters. The van der Waals surface area contributed by atoms with E-state index >= 15 is 0 Å². The molecule has 0 radical (unpaired) electrons. The molecule has 1 aromatic heterocycles. The molecule has 2 aromatic rings. The average Bonchev–Trinajstić information content (AvgIpc) is 3.05. The van der Waals surface area contributed by atoms with Crippen molar-refractivity contribution < 1.29 is 9.59 Å². The van der Waals surface area contributed by atoms with Gasteiger partial charge in [-0.25, -0.2) is 0 Å². The van der Waals surface area contributed by atoms with Crippen LogP contribution < -0.4 is 0 Å². The van der Waals surface area contributed by atoms with Crippen molar-refractivity contribution in [2.45, 2.75) is 6.92 Å². The van der Waals surface area contributed by atoms with Crippen LogP contribution in [0.1, 0.15) is 17.4 Å². The molecule has 3 rings (SSSR count). The molecule has 22 heavy (non-hydrogen) atoms. The van der Waals surface area contributed by atoms with Crippen molar-refractivity contribution in [2.24, 2.45) is 0 Å². The predicted octanol–water partition coefficient (Wildman–Crippen LogP) is 0.572. The Morgan fingerprint density at radius 2 is 1.64 bits per heavy atom. The Morgan fingerprint density at radius 3 is 2.27 bits per heavy atom. The zero-order chi connectivity index (χ0) is 15.5. The molecule has 2 heterocycles. The summed E-state index contributed by atoms with van der Waals surface area (Å²) in [7, 11) is 0. The Bertz CT molecular complexity index is 674. The third kappa shape index (κ3) is 2.83. The SMILES string of the molecule is CC(=O)N1CCN(C(=O)c2cnn(-c3ccccc3)n2)CC1. The fourth-order valence-corrected chi connectivity index (χ4v) is 2.43. The number of carbonyl (C=O) groups excluding carboxylic acids is 2. The standard InChI is InChI=1S/C15H17N5O2/c1-12(21)18-7-9-19(10-8-18)15(22)14-11-16-20(17-14)13-5-3-2-4-6-13/h2-6,11H,7-10H2,1H3. The van der Waals surface area contributed by atoms with Crippen molar-refractivity contribution in [3.05, 3.63) is 42.2 Å². The normalized spacial score (nSPS) is 15.0. The van der Waals surface area contributed by atoms with Crippen LogP contribution in [0.25, 0.3) is 5.69 Å². The molecule has 0 bridgehead atoms. The number of aromatic nitrogens is 3. The van der Waals surface area contributed by atoms with Crippen molar-refractivity contribution in [3.8, 4) is 5.69 Å². The quantitative estimate of drug-likeness (QED) is 0.813. The second-order valence-electron chi connectivity index (χ2n) is 5.15. The van der Waals surface area contributed by atoms with Crippen molar-refractivity contribution >= 4 is 11.8 Å². The Balaban J connectivity index is 1.69. The summed E-state index contributed by atoms with van der Waals surface area (Å²) in [5.74, 6) is -0.104. The third-order valence-electron chi connectivity index (χ3n) is 3.71. The van der Waals surface area contributed by atoms with Gasteiger partial charge in [-0.2, -0.15) is 9.90 Å². The highest BCUT2D eigenvalue weighted by atomic mass is 16.2. The van der Waals surface area contributed by atoms with Gasteiger partial charge in [0.15, 0.2) is 5.69 Å². The van der Waals surface area contributed by atoms with Crippen molar-refractivity contribution in [1.82, 2.24) is 24.8 Å². The summed E-state index contributed by atoms with van der Waals surface area (Å²) in [6.07, 6.45) is 1.48. The van der Waals surface area contributed by atoms with Gasteiger partial charge in [0.1, 0.15) is 0 Å². The summed E-state index contributed by atoms with van der Waals surface area (Å²) in [5.41, 5.74) is 1.13. The van der Waals surface area contributed by atoms with Gasteiger partial charge in [0, 0.05) is 33.1 Å². The summed E-state index contributed by atoms with van der Waals surface area (Å²) in [6.45, 7) is 3.72. The molecule has 1 aliphatic rings. The lowest BCUT2D eigenvalue weighted by Gasteiger charge is -2.33. The van der Waals surface area contributed by atoms with Gasteiger partial charge < -0.3 is 9.80 Å². The van der Waals surface area contributed by atoms with Crippen molar-refractivity contribution in [2.75, 3.05) is 26.2 Å². The molecule has 0 spiro atoms. The third-order valence-corrected chi connectivity index (χ3v) is 3.71. The number of nitrogens with zero attached hydrogens (tertiary/aromatic N) is 5. The van der Waals surface area contributed by atoms with E-state index in [0.29, 0.717) is 31.9 Å².